The van der Waals surface area contributed by atoms with Crippen LogP contribution in [0, 0.1) is 11.3 Å². The molecule has 1 aromatic heterocycles. The van der Waals surface area contributed by atoms with E-state index in [0.717, 1.165) is 12.1 Å². The number of nitriles is 1. The second-order valence-electron chi connectivity index (χ2n) is 1.97. The summed E-state index contributed by atoms with van der Waals surface area (Å²) in [7, 11) is 0. The van der Waals surface area contributed by atoms with Gasteiger partial charge in [0.1, 0.15) is 6.07 Å². The van der Waals surface area contributed by atoms with Crippen molar-refractivity contribution < 1.29 is 0 Å². The third-order valence-electron chi connectivity index (χ3n) is 1.25. The van der Waals surface area contributed by atoms with Crippen LogP contribution in [0.3, 0.4) is 0 Å². The molecule has 0 saturated carbocycles. The average molecular weight is 168 g/mol. The molecule has 0 unspecified atom stereocenters. The monoisotopic (exact) mass is 167 g/mol. The van der Waals surface area contributed by atoms with E-state index in [0.29, 0.717) is 0 Å². The predicted molar refractivity (Wildman–Crippen MR) is 41.1 cm³/mol. The van der Waals surface area contributed by atoms with Gasteiger partial charge in [-0.3, -0.25) is 0 Å². The van der Waals surface area contributed by atoms with Crippen LogP contribution in [0.1, 0.15) is 18.3 Å². The van der Waals surface area contributed by atoms with Crippen molar-refractivity contribution in [1.29, 1.82) is 5.26 Å². The summed E-state index contributed by atoms with van der Waals surface area (Å²) in [4.78, 5) is 7.75. The predicted octanol–water partition coefficient (Wildman–Crippen LogP) is 1.56. The maximum atomic E-state index is 8.50. The second kappa shape index (κ2) is 3.31. The van der Waals surface area contributed by atoms with E-state index in [2.05, 4.69) is 9.97 Å². The number of nitrogens with zero attached hydrogens (tertiary/aromatic N) is 3. The molecule has 11 heavy (non-hydrogen) atoms. The first-order chi connectivity index (χ1) is 5.27. The lowest BCUT2D eigenvalue weighted by Crippen LogP contribution is -1.93. The van der Waals surface area contributed by atoms with Crippen LogP contribution in [-0.4, -0.2) is 9.97 Å². The van der Waals surface area contributed by atoms with E-state index in [-0.39, 0.29) is 10.8 Å². The minimum Gasteiger partial charge on any atom is -0.240 e. The lowest BCUT2D eigenvalue weighted by Gasteiger charge is -1.95. The Bertz CT molecular complexity index is 303. The summed E-state index contributed by atoms with van der Waals surface area (Å²) < 4.78 is 0. The molecule has 0 spiro atoms. The zero-order valence-corrected chi connectivity index (χ0v) is 6.76. The largest absolute Gasteiger partial charge is 0.240 e. The molecule has 0 aliphatic carbocycles. The van der Waals surface area contributed by atoms with Crippen LogP contribution in [0.5, 0.6) is 0 Å². The molecule has 56 valence electrons. The number of hydrogen-bond acceptors (Lipinski definition) is 3. The molecule has 0 aromatic carbocycles. The van der Waals surface area contributed by atoms with Gasteiger partial charge in [-0.2, -0.15) is 5.26 Å². The van der Waals surface area contributed by atoms with Crippen molar-refractivity contribution in [1.82, 2.24) is 9.97 Å². The molecule has 0 bridgehead atoms. The molecule has 0 aliphatic heterocycles. The molecule has 0 amide bonds. The van der Waals surface area contributed by atoms with Gasteiger partial charge < -0.3 is 0 Å². The molecule has 3 nitrogen and oxygen atoms in total. The van der Waals surface area contributed by atoms with Gasteiger partial charge in [0.15, 0.2) is 10.8 Å². The molecule has 0 radical (unpaired) electrons. The smallest absolute Gasteiger partial charge is 0.178 e. The van der Waals surface area contributed by atoms with Crippen LogP contribution in [0.15, 0.2) is 6.20 Å². The maximum absolute atomic E-state index is 8.50. The SMILES string of the molecule is CCc1cnc(Cl)c(C#N)n1. The molecule has 0 fully saturated rings. The molecule has 0 aliphatic rings. The second-order valence-corrected chi connectivity index (χ2v) is 2.32. The summed E-state index contributed by atoms with van der Waals surface area (Å²) in [5.74, 6) is 0. The van der Waals surface area contributed by atoms with Gasteiger partial charge in [0.25, 0.3) is 0 Å². The molecule has 1 heterocycles. The molecule has 1 aromatic rings. The van der Waals surface area contributed by atoms with Crippen LogP contribution in [0.4, 0.5) is 0 Å². The average Bonchev–Trinajstić information content (AvgIpc) is 2.05. The van der Waals surface area contributed by atoms with Gasteiger partial charge in [0.2, 0.25) is 0 Å². The third-order valence-corrected chi connectivity index (χ3v) is 1.52. The highest BCUT2D eigenvalue weighted by Gasteiger charge is 2.01. The highest BCUT2D eigenvalue weighted by Crippen LogP contribution is 2.08. The lowest BCUT2D eigenvalue weighted by molar-refractivity contribution is 0.987. The van der Waals surface area contributed by atoms with Gasteiger partial charge in [-0.25, -0.2) is 9.97 Å². The number of halogens is 1. The van der Waals surface area contributed by atoms with Gasteiger partial charge in [0, 0.05) is 0 Å². The normalized spacial score (nSPS) is 9.18. The third kappa shape index (κ3) is 1.66. The van der Waals surface area contributed by atoms with Crippen molar-refractivity contribution in [3.05, 3.63) is 22.7 Å². The summed E-state index contributed by atoms with van der Waals surface area (Å²) >= 11 is 5.56. The molecule has 1 rings (SSSR count). The van der Waals surface area contributed by atoms with E-state index >= 15 is 0 Å². The Kier molecular flexibility index (Phi) is 2.40. The van der Waals surface area contributed by atoms with Crippen LogP contribution >= 0.6 is 11.6 Å². The minimum absolute atomic E-state index is 0.171. The highest BCUT2D eigenvalue weighted by atomic mass is 35.5. The fourth-order valence-corrected chi connectivity index (χ4v) is 0.786. The van der Waals surface area contributed by atoms with Crippen molar-refractivity contribution >= 4 is 11.6 Å². The van der Waals surface area contributed by atoms with Gasteiger partial charge in [-0.15, -0.1) is 0 Å². The molecular formula is C7H6ClN3. The highest BCUT2D eigenvalue weighted by molar-refractivity contribution is 6.30. The zero-order valence-electron chi connectivity index (χ0n) is 6.00. The summed E-state index contributed by atoms with van der Waals surface area (Å²) in [6.45, 7) is 1.94. The van der Waals surface area contributed by atoms with E-state index < -0.39 is 0 Å². The molecule has 4 heteroatoms. The van der Waals surface area contributed by atoms with Gasteiger partial charge in [-0.1, -0.05) is 18.5 Å². The fraction of sp³-hybridized carbons (Fsp3) is 0.286. The Morgan fingerprint density at radius 3 is 3.00 bits per heavy atom. The van der Waals surface area contributed by atoms with Gasteiger partial charge in [0.05, 0.1) is 11.9 Å². The molecule has 0 atom stereocenters. The Labute approximate surface area is 69.7 Å². The Morgan fingerprint density at radius 1 is 1.73 bits per heavy atom. The van der Waals surface area contributed by atoms with E-state index in [1.54, 1.807) is 6.20 Å². The first-order valence-corrected chi connectivity index (χ1v) is 3.57. The fourth-order valence-electron chi connectivity index (χ4n) is 0.652. The standard InChI is InChI=1S/C7H6ClN3/c1-2-5-4-10-7(8)6(3-9)11-5/h4H,2H2,1H3. The van der Waals surface area contributed by atoms with Crippen LogP contribution in [0.2, 0.25) is 5.15 Å². The van der Waals surface area contributed by atoms with Gasteiger partial charge >= 0.3 is 0 Å². The van der Waals surface area contributed by atoms with Crippen molar-refractivity contribution in [2.75, 3.05) is 0 Å². The maximum Gasteiger partial charge on any atom is 0.178 e. The first kappa shape index (κ1) is 7.96. The quantitative estimate of drug-likeness (QED) is 0.638. The van der Waals surface area contributed by atoms with Crippen molar-refractivity contribution in [3.63, 3.8) is 0 Å². The van der Waals surface area contributed by atoms with Crippen LogP contribution in [-0.2, 0) is 6.42 Å². The van der Waals surface area contributed by atoms with E-state index in [1.807, 2.05) is 13.0 Å². The molecule has 0 N–H and O–H groups in total. The van der Waals surface area contributed by atoms with Crippen LogP contribution < -0.4 is 0 Å². The van der Waals surface area contributed by atoms with E-state index in [1.165, 1.54) is 0 Å². The first-order valence-electron chi connectivity index (χ1n) is 3.19. The topological polar surface area (TPSA) is 49.6 Å². The van der Waals surface area contributed by atoms with Crippen molar-refractivity contribution in [2.45, 2.75) is 13.3 Å². The summed E-state index contributed by atoms with van der Waals surface area (Å²) in [6.07, 6.45) is 2.34. The van der Waals surface area contributed by atoms with Gasteiger partial charge in [-0.05, 0) is 6.42 Å². The Hall–Kier alpha value is -1.14. The number of rotatable bonds is 1. The zero-order chi connectivity index (χ0) is 8.27. The van der Waals surface area contributed by atoms with E-state index in [4.69, 9.17) is 16.9 Å². The van der Waals surface area contributed by atoms with E-state index in [9.17, 15) is 0 Å². The number of hydrogen-bond donors (Lipinski definition) is 0. The van der Waals surface area contributed by atoms with Crippen molar-refractivity contribution in [3.8, 4) is 6.07 Å². The minimum atomic E-state index is 0.171. The number of aromatic nitrogens is 2. The number of aryl methyl sites for hydroxylation is 1. The summed E-state index contributed by atoms with van der Waals surface area (Å²) in [5, 5.41) is 8.67. The lowest BCUT2D eigenvalue weighted by atomic mass is 10.3. The molecule has 0 saturated heterocycles. The Balaban J connectivity index is 3.15. The van der Waals surface area contributed by atoms with Crippen molar-refractivity contribution in [2.24, 2.45) is 0 Å². The summed E-state index contributed by atoms with van der Waals surface area (Å²) in [5.41, 5.74) is 0.983. The Morgan fingerprint density at radius 2 is 2.45 bits per heavy atom. The van der Waals surface area contributed by atoms with Crippen LogP contribution in [0.25, 0.3) is 0 Å². The molecular weight excluding hydrogens is 162 g/mol. The summed E-state index contributed by atoms with van der Waals surface area (Å²) in [6, 6.07) is 1.86.